The third kappa shape index (κ3) is 14.1. The van der Waals surface area contributed by atoms with E-state index in [0.717, 1.165) is 24.3 Å². The van der Waals surface area contributed by atoms with E-state index in [1.807, 2.05) is 0 Å². The van der Waals surface area contributed by atoms with E-state index in [-0.39, 0.29) is 0 Å². The van der Waals surface area contributed by atoms with E-state index in [9.17, 15) is 0 Å². The first-order chi connectivity index (χ1) is 16.8. The Hall–Kier alpha value is -2.31. The van der Waals surface area contributed by atoms with Crippen LogP contribution in [0.3, 0.4) is 0 Å². The van der Waals surface area contributed by atoms with Crippen molar-refractivity contribution in [1.29, 1.82) is 0 Å². The second-order valence-electron chi connectivity index (χ2n) is 9.20. The molecule has 34 heavy (non-hydrogen) atoms. The molecule has 0 spiro atoms. The number of aryl methyl sites for hydroxylation is 2. The van der Waals surface area contributed by atoms with Crippen molar-refractivity contribution < 1.29 is 9.53 Å². The van der Waals surface area contributed by atoms with Crippen LogP contribution in [0, 0.1) is 0 Å². The van der Waals surface area contributed by atoms with Crippen molar-refractivity contribution in [3.05, 3.63) is 66.2 Å². The van der Waals surface area contributed by atoms with Crippen molar-refractivity contribution in [2.45, 2.75) is 117 Å². The van der Waals surface area contributed by atoms with Crippen molar-refractivity contribution >= 4 is 5.94 Å². The number of ether oxygens (including phenoxy) is 1. The molecule has 0 radical (unpaired) electrons. The number of carbonyl (C=O) groups excluding carboxylic acids is 1. The lowest BCUT2D eigenvalue weighted by Crippen LogP contribution is -1.96. The van der Waals surface area contributed by atoms with Gasteiger partial charge in [0.15, 0.2) is 0 Å². The second-order valence-corrected chi connectivity index (χ2v) is 9.20. The monoisotopic (exact) mass is 464 g/mol. The van der Waals surface area contributed by atoms with Gasteiger partial charge in [0.25, 0.3) is 0 Å². The zero-order chi connectivity index (χ0) is 24.7. The van der Waals surface area contributed by atoms with Crippen LogP contribution in [0.5, 0.6) is 11.5 Å². The van der Waals surface area contributed by atoms with Gasteiger partial charge in [0.05, 0.1) is 0 Å². The van der Waals surface area contributed by atoms with Gasteiger partial charge in [0, 0.05) is 0 Å². The van der Waals surface area contributed by atoms with Gasteiger partial charge in [-0.2, -0.15) is 0 Å². The Morgan fingerprint density at radius 2 is 0.912 bits per heavy atom. The minimum Gasteiger partial charge on any atom is -0.457 e. The molecule has 0 fully saturated rings. The summed E-state index contributed by atoms with van der Waals surface area (Å²) in [6.45, 7) is 7.24. The Kier molecular flexibility index (Phi) is 18.6. The Morgan fingerprint density at radius 3 is 1.29 bits per heavy atom. The molecule has 0 saturated carbocycles. The highest BCUT2D eigenvalue weighted by Crippen LogP contribution is 2.30. The van der Waals surface area contributed by atoms with Crippen LogP contribution in [0.2, 0.25) is 0 Å². The van der Waals surface area contributed by atoms with Crippen molar-refractivity contribution in [3.63, 3.8) is 0 Å². The van der Waals surface area contributed by atoms with E-state index >= 15 is 0 Å². The Morgan fingerprint density at radius 1 is 0.588 bits per heavy atom. The molecule has 0 aliphatic rings. The summed E-state index contributed by atoms with van der Waals surface area (Å²) in [4.78, 5) is 8.57. The average molecular weight is 465 g/mol. The molecule has 2 heteroatoms. The molecule has 0 aliphatic heterocycles. The highest BCUT2D eigenvalue weighted by molar-refractivity contribution is 5.41. The number of rotatable bonds is 18. The molecule has 0 saturated heterocycles. The minimum atomic E-state index is 1.04. The zero-order valence-electron chi connectivity index (χ0n) is 22.0. The number of hydrogen-bond donors (Lipinski definition) is 0. The molecule has 0 atom stereocenters. The molecule has 2 aromatic rings. The SMILES string of the molecule is C=C=O.CCCCCCCCCc1ccccc1Oc1ccccc1CCCCCCCCC. The number of unbranched alkanes of at least 4 members (excludes halogenated alkanes) is 12. The fraction of sp³-hybridized carbons (Fsp3) is 0.562. The van der Waals surface area contributed by atoms with Crippen molar-refractivity contribution in [2.24, 2.45) is 0 Å². The van der Waals surface area contributed by atoms with Crippen LogP contribution in [-0.4, -0.2) is 5.94 Å². The standard InChI is InChI=1S/C30H46O.C2H2O/c1-3-5-7-9-11-13-15-21-27-23-17-19-25-29(27)31-30-26-20-18-24-28(30)22-16-14-12-10-8-6-4-2;1-2-3/h17-20,23-26H,3-16,21-22H2,1-2H3;1H2. The lowest BCUT2D eigenvalue weighted by Gasteiger charge is -2.14. The Labute approximate surface area is 209 Å². The van der Waals surface area contributed by atoms with Gasteiger partial charge in [0.1, 0.15) is 17.4 Å². The fourth-order valence-electron chi connectivity index (χ4n) is 4.28. The largest absolute Gasteiger partial charge is 0.457 e. The van der Waals surface area contributed by atoms with Gasteiger partial charge < -0.3 is 4.74 Å². The minimum absolute atomic E-state index is 1.04. The summed E-state index contributed by atoms with van der Waals surface area (Å²) >= 11 is 0. The molecule has 188 valence electrons. The van der Waals surface area contributed by atoms with Gasteiger partial charge in [-0.1, -0.05) is 127 Å². The molecule has 2 rings (SSSR count). The fourth-order valence-corrected chi connectivity index (χ4v) is 4.28. The van der Waals surface area contributed by atoms with E-state index < -0.39 is 0 Å². The summed E-state index contributed by atoms with van der Waals surface area (Å²) in [7, 11) is 0. The molecule has 2 aromatic carbocycles. The topological polar surface area (TPSA) is 26.3 Å². The average Bonchev–Trinajstić information content (AvgIpc) is 2.85. The zero-order valence-corrected chi connectivity index (χ0v) is 22.0. The van der Waals surface area contributed by atoms with Gasteiger partial charge in [-0.15, -0.1) is 0 Å². The second kappa shape index (κ2) is 21.2. The van der Waals surface area contributed by atoms with E-state index in [4.69, 9.17) is 9.53 Å². The predicted molar refractivity (Wildman–Crippen MR) is 148 cm³/mol. The molecule has 0 N–H and O–H groups in total. The van der Waals surface area contributed by atoms with Gasteiger partial charge in [-0.3, -0.25) is 0 Å². The maximum Gasteiger partial charge on any atom is 0.130 e. The first kappa shape index (κ1) is 29.7. The van der Waals surface area contributed by atoms with Crippen molar-refractivity contribution in [3.8, 4) is 11.5 Å². The number of benzene rings is 2. The van der Waals surface area contributed by atoms with Gasteiger partial charge in [-0.25, -0.2) is 4.79 Å². The molecule has 2 nitrogen and oxygen atoms in total. The first-order valence-corrected chi connectivity index (χ1v) is 13.7. The summed E-state index contributed by atoms with van der Waals surface area (Å²) < 4.78 is 6.46. The predicted octanol–water partition coefficient (Wildman–Crippen LogP) is 10.1. The van der Waals surface area contributed by atoms with E-state index in [2.05, 4.69) is 69.0 Å². The third-order valence-corrected chi connectivity index (χ3v) is 6.26. The van der Waals surface area contributed by atoms with Crippen LogP contribution in [0.1, 0.15) is 115 Å². The molecular weight excluding hydrogens is 416 g/mol. The summed E-state index contributed by atoms with van der Waals surface area (Å²) in [6.07, 6.45) is 21.1. The quantitative estimate of drug-likeness (QED) is 0.162. The Bertz CT molecular complexity index is 715. The van der Waals surface area contributed by atoms with Crippen LogP contribution in [0.4, 0.5) is 0 Å². The highest BCUT2D eigenvalue weighted by Gasteiger charge is 2.08. The molecule has 0 amide bonds. The van der Waals surface area contributed by atoms with Crippen molar-refractivity contribution in [1.82, 2.24) is 0 Å². The lowest BCUT2D eigenvalue weighted by molar-refractivity contribution is 0.466. The molecular formula is C32H48O2. The van der Waals surface area contributed by atoms with E-state index in [1.165, 1.54) is 107 Å². The number of hydrogen-bond acceptors (Lipinski definition) is 2. The normalized spacial score (nSPS) is 10.3. The number of para-hydroxylation sites is 2. The van der Waals surface area contributed by atoms with Crippen LogP contribution in [0.25, 0.3) is 0 Å². The molecule has 0 heterocycles. The summed E-state index contributed by atoms with van der Waals surface area (Å²) in [5, 5.41) is 0. The summed E-state index contributed by atoms with van der Waals surface area (Å²) in [5.41, 5.74) is 2.70. The molecule has 0 aliphatic carbocycles. The van der Waals surface area contributed by atoms with E-state index in [0.29, 0.717) is 0 Å². The van der Waals surface area contributed by atoms with Gasteiger partial charge >= 0.3 is 0 Å². The summed E-state index contributed by atoms with van der Waals surface area (Å²) in [5.74, 6) is 3.33. The lowest BCUT2D eigenvalue weighted by atomic mass is 10.0. The smallest absolute Gasteiger partial charge is 0.130 e. The highest BCUT2D eigenvalue weighted by atomic mass is 16.5. The van der Waals surface area contributed by atoms with Crippen LogP contribution >= 0.6 is 0 Å². The third-order valence-electron chi connectivity index (χ3n) is 6.26. The maximum atomic E-state index is 8.57. The molecule has 0 unspecified atom stereocenters. The van der Waals surface area contributed by atoms with Crippen LogP contribution in [0.15, 0.2) is 55.1 Å². The Balaban J connectivity index is 0.00000182. The van der Waals surface area contributed by atoms with Crippen molar-refractivity contribution in [2.75, 3.05) is 0 Å². The van der Waals surface area contributed by atoms with Crippen LogP contribution in [-0.2, 0) is 17.6 Å². The molecule has 0 bridgehead atoms. The molecule has 0 aromatic heterocycles. The van der Waals surface area contributed by atoms with Gasteiger partial charge in [-0.05, 0) is 55.5 Å². The summed E-state index contributed by atoms with van der Waals surface area (Å²) in [6, 6.07) is 17.3. The maximum absolute atomic E-state index is 8.57. The van der Waals surface area contributed by atoms with Gasteiger partial charge in [0.2, 0.25) is 0 Å². The van der Waals surface area contributed by atoms with Crippen LogP contribution < -0.4 is 4.74 Å². The van der Waals surface area contributed by atoms with E-state index in [1.54, 1.807) is 0 Å². The first-order valence-electron chi connectivity index (χ1n) is 13.7.